The molecule has 2 atom stereocenters. The first kappa shape index (κ1) is 14.0. The van der Waals surface area contributed by atoms with Gasteiger partial charge in [0.2, 0.25) is 0 Å². The molecule has 112 valence electrons. The molecule has 3 rings (SSSR count). The topological polar surface area (TPSA) is 60.9 Å². The summed E-state index contributed by atoms with van der Waals surface area (Å²) in [5.74, 6) is 0.194. The van der Waals surface area contributed by atoms with Crippen LogP contribution < -0.4 is 0 Å². The number of hydrogen-bond donors (Lipinski definition) is 1. The Balaban J connectivity index is 1.75. The highest BCUT2D eigenvalue weighted by molar-refractivity contribution is 8.00. The molecule has 2 amide bonds. The van der Waals surface area contributed by atoms with Crippen molar-refractivity contribution in [3.8, 4) is 0 Å². The lowest BCUT2D eigenvalue weighted by atomic mass is 10.2. The molecule has 0 spiro atoms. The minimum absolute atomic E-state index is 0.0406. The predicted molar refractivity (Wildman–Crippen MR) is 77.7 cm³/mol. The van der Waals surface area contributed by atoms with Gasteiger partial charge in [0.25, 0.3) is 0 Å². The molecule has 2 saturated heterocycles. The molecule has 20 heavy (non-hydrogen) atoms. The van der Waals surface area contributed by atoms with E-state index in [1.54, 1.807) is 16.7 Å². The van der Waals surface area contributed by atoms with Gasteiger partial charge in [0.15, 0.2) is 0 Å². The van der Waals surface area contributed by atoms with E-state index < -0.39 is 12.0 Å². The van der Waals surface area contributed by atoms with Crippen LogP contribution in [0.15, 0.2) is 0 Å². The fourth-order valence-electron chi connectivity index (χ4n) is 3.13. The predicted octanol–water partition coefficient (Wildman–Crippen LogP) is 2.22. The Morgan fingerprint density at radius 2 is 1.70 bits per heavy atom. The summed E-state index contributed by atoms with van der Waals surface area (Å²) in [4.78, 5) is 27.8. The maximum absolute atomic E-state index is 12.8. The molecule has 3 aliphatic rings. The van der Waals surface area contributed by atoms with Gasteiger partial charge in [-0.25, -0.2) is 9.59 Å². The zero-order valence-electron chi connectivity index (χ0n) is 11.7. The van der Waals surface area contributed by atoms with Crippen molar-refractivity contribution in [2.24, 2.45) is 5.92 Å². The van der Waals surface area contributed by atoms with Crippen LogP contribution >= 0.6 is 11.8 Å². The van der Waals surface area contributed by atoms with Crippen LogP contribution in [-0.2, 0) is 4.79 Å². The van der Waals surface area contributed by atoms with E-state index in [4.69, 9.17) is 0 Å². The van der Waals surface area contributed by atoms with Gasteiger partial charge < -0.3 is 10.0 Å². The molecule has 1 saturated carbocycles. The molecular formula is C14H22N2O3S. The quantitative estimate of drug-likeness (QED) is 0.849. The molecule has 0 aromatic carbocycles. The second kappa shape index (κ2) is 5.84. The van der Waals surface area contributed by atoms with Crippen LogP contribution in [0.5, 0.6) is 0 Å². The SMILES string of the molecule is O=C(O)C1CSC(C2CC2)N1C(=O)N1CCCCCC1. The van der Waals surface area contributed by atoms with E-state index in [1.165, 1.54) is 12.8 Å². The number of carboxylic acid groups (broad SMARTS) is 1. The molecule has 0 bridgehead atoms. The lowest BCUT2D eigenvalue weighted by Crippen LogP contribution is -2.52. The van der Waals surface area contributed by atoms with Crippen molar-refractivity contribution in [3.05, 3.63) is 0 Å². The third-order valence-corrected chi connectivity index (χ3v) is 5.90. The van der Waals surface area contributed by atoms with Gasteiger partial charge in [0.1, 0.15) is 6.04 Å². The van der Waals surface area contributed by atoms with Crippen molar-refractivity contribution in [2.45, 2.75) is 49.9 Å². The van der Waals surface area contributed by atoms with E-state index in [-0.39, 0.29) is 11.4 Å². The molecule has 6 heteroatoms. The maximum Gasteiger partial charge on any atom is 0.327 e. The average molecular weight is 298 g/mol. The third-order valence-electron chi connectivity index (χ3n) is 4.44. The van der Waals surface area contributed by atoms with Crippen LogP contribution in [0.2, 0.25) is 0 Å². The van der Waals surface area contributed by atoms with E-state index in [9.17, 15) is 14.7 Å². The number of carbonyl (C=O) groups is 2. The van der Waals surface area contributed by atoms with Crippen LogP contribution in [0.4, 0.5) is 4.79 Å². The first-order chi connectivity index (χ1) is 9.68. The summed E-state index contributed by atoms with van der Waals surface area (Å²) in [7, 11) is 0. The molecule has 1 N–H and O–H groups in total. The normalized spacial score (nSPS) is 31.2. The summed E-state index contributed by atoms with van der Waals surface area (Å²) in [5, 5.41) is 9.47. The van der Waals surface area contributed by atoms with Gasteiger partial charge in [0.05, 0.1) is 5.37 Å². The number of rotatable bonds is 2. The van der Waals surface area contributed by atoms with Crippen molar-refractivity contribution in [3.63, 3.8) is 0 Å². The number of thioether (sulfide) groups is 1. The van der Waals surface area contributed by atoms with E-state index in [2.05, 4.69) is 0 Å². The van der Waals surface area contributed by atoms with Crippen molar-refractivity contribution in [1.82, 2.24) is 9.80 Å². The number of amides is 2. The van der Waals surface area contributed by atoms with Gasteiger partial charge in [-0.15, -0.1) is 11.8 Å². The summed E-state index contributed by atoms with van der Waals surface area (Å²) < 4.78 is 0. The molecule has 2 unspecified atom stereocenters. The van der Waals surface area contributed by atoms with E-state index in [1.807, 2.05) is 4.90 Å². The largest absolute Gasteiger partial charge is 0.480 e. The Labute approximate surface area is 123 Å². The number of nitrogens with zero attached hydrogens (tertiary/aromatic N) is 2. The van der Waals surface area contributed by atoms with Gasteiger partial charge in [-0.2, -0.15) is 0 Å². The van der Waals surface area contributed by atoms with Crippen LogP contribution in [0.25, 0.3) is 0 Å². The van der Waals surface area contributed by atoms with Gasteiger partial charge in [0, 0.05) is 18.8 Å². The molecule has 1 aliphatic carbocycles. The minimum Gasteiger partial charge on any atom is -0.480 e. The van der Waals surface area contributed by atoms with Crippen LogP contribution in [-0.4, -0.2) is 57.2 Å². The van der Waals surface area contributed by atoms with Gasteiger partial charge in [-0.3, -0.25) is 4.90 Å². The van der Waals surface area contributed by atoms with Gasteiger partial charge in [-0.1, -0.05) is 12.8 Å². The highest BCUT2D eigenvalue weighted by Crippen LogP contribution is 2.45. The molecule has 2 aliphatic heterocycles. The standard InChI is InChI=1S/C14H22N2O3S/c17-13(18)11-9-20-12(10-5-6-10)16(11)14(19)15-7-3-1-2-4-8-15/h10-12H,1-9H2,(H,17,18). The summed E-state index contributed by atoms with van der Waals surface area (Å²) in [6.07, 6.45) is 6.69. The molecule has 0 aromatic rings. The third kappa shape index (κ3) is 2.75. The summed E-state index contributed by atoms with van der Waals surface area (Å²) in [6.45, 7) is 1.56. The number of hydrogen-bond acceptors (Lipinski definition) is 3. The number of urea groups is 1. The van der Waals surface area contributed by atoms with Crippen molar-refractivity contribution < 1.29 is 14.7 Å². The lowest BCUT2D eigenvalue weighted by Gasteiger charge is -2.33. The van der Waals surface area contributed by atoms with E-state index in [0.717, 1.165) is 38.8 Å². The number of likely N-dealkylation sites (tertiary alicyclic amines) is 1. The number of carbonyl (C=O) groups excluding carboxylic acids is 1. The zero-order chi connectivity index (χ0) is 14.1. The summed E-state index contributed by atoms with van der Waals surface area (Å²) >= 11 is 1.65. The monoisotopic (exact) mass is 298 g/mol. The van der Waals surface area contributed by atoms with Crippen molar-refractivity contribution in [2.75, 3.05) is 18.8 Å². The summed E-state index contributed by atoms with van der Waals surface area (Å²) in [6, 6.07) is -0.678. The lowest BCUT2D eigenvalue weighted by molar-refractivity contribution is -0.141. The molecule has 0 aromatic heterocycles. The van der Waals surface area contributed by atoms with Crippen molar-refractivity contribution >= 4 is 23.8 Å². The smallest absolute Gasteiger partial charge is 0.327 e. The minimum atomic E-state index is -0.858. The first-order valence-electron chi connectivity index (χ1n) is 7.60. The van der Waals surface area contributed by atoms with Gasteiger partial charge in [-0.05, 0) is 31.6 Å². The molecule has 2 heterocycles. The second-order valence-corrected chi connectivity index (χ2v) is 7.16. The van der Waals surface area contributed by atoms with E-state index >= 15 is 0 Å². The van der Waals surface area contributed by atoms with Crippen LogP contribution in [0, 0.1) is 5.92 Å². The summed E-state index contributed by atoms with van der Waals surface area (Å²) in [5.41, 5.74) is 0. The zero-order valence-corrected chi connectivity index (χ0v) is 12.5. The van der Waals surface area contributed by atoms with Gasteiger partial charge >= 0.3 is 12.0 Å². The Kier molecular flexibility index (Phi) is 4.10. The Bertz CT molecular complexity index is 392. The van der Waals surface area contributed by atoms with Crippen LogP contribution in [0.1, 0.15) is 38.5 Å². The van der Waals surface area contributed by atoms with E-state index in [0.29, 0.717) is 11.7 Å². The fraction of sp³-hybridized carbons (Fsp3) is 0.857. The highest BCUT2D eigenvalue weighted by Gasteiger charge is 2.49. The fourth-order valence-corrected chi connectivity index (χ4v) is 4.75. The molecule has 3 fully saturated rings. The maximum atomic E-state index is 12.8. The Morgan fingerprint density at radius 1 is 1.05 bits per heavy atom. The Hall–Kier alpha value is -0.910. The van der Waals surface area contributed by atoms with Crippen molar-refractivity contribution in [1.29, 1.82) is 0 Å². The molecular weight excluding hydrogens is 276 g/mol. The first-order valence-corrected chi connectivity index (χ1v) is 8.65. The number of aliphatic carboxylic acids is 1. The second-order valence-electron chi connectivity index (χ2n) is 6.01. The number of carboxylic acids is 1. The highest BCUT2D eigenvalue weighted by atomic mass is 32.2. The Morgan fingerprint density at radius 3 is 2.25 bits per heavy atom. The molecule has 0 radical (unpaired) electrons. The van der Waals surface area contributed by atoms with Crippen LogP contribution in [0.3, 0.4) is 0 Å². The molecule has 5 nitrogen and oxygen atoms in total. The average Bonchev–Trinajstić information content (AvgIpc) is 3.21.